The smallest absolute Gasteiger partial charge is 0.426 e. The van der Waals surface area contributed by atoms with Gasteiger partial charge < -0.3 is 20.3 Å². The Kier molecular flexibility index (Phi) is 6.47. The van der Waals surface area contributed by atoms with E-state index in [1.165, 1.54) is 0 Å². The first-order valence-electron chi connectivity index (χ1n) is 9.44. The van der Waals surface area contributed by atoms with E-state index in [0.717, 1.165) is 29.2 Å². The standard InChI is InChI=1S/C20H25BN2O4/c24-19(10-12-23-11-4-3-7-20(23)25)22-18(21(26)27)14-15-8-9-16-5-1-2-6-17(16)13-15/h1-2,5-6,8-9,13,18,26-27H,3-4,7,10-12,14H2,(H,22,24)/t18-/m0/s1. The van der Waals surface area contributed by atoms with Gasteiger partial charge in [-0.3, -0.25) is 9.59 Å². The number of hydrogen-bond acceptors (Lipinski definition) is 4. The van der Waals surface area contributed by atoms with Crippen molar-refractivity contribution in [1.82, 2.24) is 10.2 Å². The lowest BCUT2D eigenvalue weighted by Gasteiger charge is -2.26. The number of benzene rings is 2. The fourth-order valence-electron chi connectivity index (χ4n) is 3.46. The normalized spacial score (nSPS) is 15.6. The summed E-state index contributed by atoms with van der Waals surface area (Å²) in [5.74, 6) is -0.994. The maximum absolute atomic E-state index is 12.2. The van der Waals surface area contributed by atoms with Crippen molar-refractivity contribution in [3.63, 3.8) is 0 Å². The van der Waals surface area contributed by atoms with Crippen LogP contribution in [0.2, 0.25) is 0 Å². The van der Waals surface area contributed by atoms with Crippen molar-refractivity contribution in [3.05, 3.63) is 48.0 Å². The number of likely N-dealkylation sites (tertiary alicyclic amines) is 1. The van der Waals surface area contributed by atoms with E-state index in [-0.39, 0.29) is 18.2 Å². The highest BCUT2D eigenvalue weighted by atomic mass is 16.4. The van der Waals surface area contributed by atoms with Crippen molar-refractivity contribution in [2.24, 2.45) is 0 Å². The lowest BCUT2D eigenvalue weighted by Crippen LogP contribution is -2.48. The minimum atomic E-state index is -1.66. The molecule has 142 valence electrons. The summed E-state index contributed by atoms with van der Waals surface area (Å²) in [7, 11) is -1.66. The third kappa shape index (κ3) is 5.31. The Morgan fingerprint density at radius 1 is 1.15 bits per heavy atom. The van der Waals surface area contributed by atoms with Gasteiger partial charge in [-0.1, -0.05) is 42.5 Å². The van der Waals surface area contributed by atoms with Crippen LogP contribution in [-0.4, -0.2) is 52.9 Å². The minimum Gasteiger partial charge on any atom is -0.426 e. The van der Waals surface area contributed by atoms with E-state index < -0.39 is 13.1 Å². The molecule has 1 aliphatic rings. The minimum absolute atomic E-state index is 0.0870. The quantitative estimate of drug-likeness (QED) is 0.643. The van der Waals surface area contributed by atoms with Crippen LogP contribution in [0, 0.1) is 0 Å². The number of carbonyl (C=O) groups is 2. The number of carbonyl (C=O) groups excluding carboxylic acids is 2. The van der Waals surface area contributed by atoms with Gasteiger partial charge in [0.15, 0.2) is 0 Å². The van der Waals surface area contributed by atoms with Gasteiger partial charge in [0, 0.05) is 25.9 Å². The molecule has 0 aromatic heterocycles. The van der Waals surface area contributed by atoms with Crippen LogP contribution in [0.15, 0.2) is 42.5 Å². The molecule has 0 saturated carbocycles. The SMILES string of the molecule is O=C(CCN1CCCCC1=O)N[C@@H](Cc1ccc2ccccc2c1)B(O)O. The summed E-state index contributed by atoms with van der Waals surface area (Å²) in [5, 5.41) is 24.2. The molecule has 0 unspecified atom stereocenters. The van der Waals surface area contributed by atoms with Gasteiger partial charge in [-0.15, -0.1) is 0 Å². The zero-order valence-electron chi connectivity index (χ0n) is 15.3. The maximum Gasteiger partial charge on any atom is 0.475 e. The van der Waals surface area contributed by atoms with E-state index in [9.17, 15) is 19.6 Å². The first-order chi connectivity index (χ1) is 13.0. The molecule has 1 fully saturated rings. The number of piperidine rings is 1. The lowest BCUT2D eigenvalue weighted by atomic mass is 9.75. The average Bonchev–Trinajstić information content (AvgIpc) is 2.66. The molecule has 2 aromatic carbocycles. The molecule has 3 N–H and O–H groups in total. The topological polar surface area (TPSA) is 89.9 Å². The number of nitrogens with zero attached hydrogens (tertiary/aromatic N) is 1. The van der Waals surface area contributed by atoms with Crippen LogP contribution < -0.4 is 5.32 Å². The van der Waals surface area contributed by atoms with E-state index in [1.54, 1.807) is 4.90 Å². The van der Waals surface area contributed by atoms with E-state index in [4.69, 9.17) is 0 Å². The van der Waals surface area contributed by atoms with Gasteiger partial charge in [0.05, 0.1) is 5.94 Å². The molecule has 1 atom stereocenters. The third-order valence-electron chi connectivity index (χ3n) is 5.01. The molecule has 1 saturated heterocycles. The highest BCUT2D eigenvalue weighted by Crippen LogP contribution is 2.17. The van der Waals surface area contributed by atoms with Crippen LogP contribution >= 0.6 is 0 Å². The summed E-state index contributed by atoms with van der Waals surface area (Å²) >= 11 is 0. The fourth-order valence-corrected chi connectivity index (χ4v) is 3.46. The monoisotopic (exact) mass is 368 g/mol. The van der Waals surface area contributed by atoms with Gasteiger partial charge in [0.25, 0.3) is 0 Å². The second-order valence-corrected chi connectivity index (χ2v) is 7.06. The first-order valence-corrected chi connectivity index (χ1v) is 9.44. The molecule has 1 aliphatic heterocycles. The summed E-state index contributed by atoms with van der Waals surface area (Å²) in [6.07, 6.45) is 2.89. The zero-order valence-corrected chi connectivity index (χ0v) is 15.3. The molecule has 0 aliphatic carbocycles. The number of amides is 2. The Bertz CT molecular complexity index is 811. The summed E-state index contributed by atoms with van der Waals surface area (Å²) in [6, 6.07) is 13.8. The Labute approximate surface area is 159 Å². The van der Waals surface area contributed by atoms with E-state index in [2.05, 4.69) is 5.32 Å². The summed E-state index contributed by atoms with van der Waals surface area (Å²) in [5.41, 5.74) is 0.915. The highest BCUT2D eigenvalue weighted by molar-refractivity contribution is 6.43. The predicted molar refractivity (Wildman–Crippen MR) is 105 cm³/mol. The molecule has 3 rings (SSSR count). The van der Waals surface area contributed by atoms with Gasteiger partial charge in [-0.05, 0) is 35.6 Å². The van der Waals surface area contributed by atoms with Crippen LogP contribution in [0.5, 0.6) is 0 Å². The molecular weight excluding hydrogens is 343 g/mol. The van der Waals surface area contributed by atoms with Gasteiger partial charge in [0.1, 0.15) is 0 Å². The molecule has 6 nitrogen and oxygen atoms in total. The highest BCUT2D eigenvalue weighted by Gasteiger charge is 2.26. The largest absolute Gasteiger partial charge is 0.475 e. The van der Waals surface area contributed by atoms with E-state index >= 15 is 0 Å². The predicted octanol–water partition coefficient (Wildman–Crippen LogP) is 1.28. The molecule has 2 amide bonds. The van der Waals surface area contributed by atoms with Gasteiger partial charge >= 0.3 is 7.12 Å². The molecule has 0 spiro atoms. The molecule has 0 radical (unpaired) electrons. The molecule has 2 aromatic rings. The molecular formula is C20H25BN2O4. The number of hydrogen-bond donors (Lipinski definition) is 3. The lowest BCUT2D eigenvalue weighted by molar-refractivity contribution is -0.133. The Morgan fingerprint density at radius 3 is 2.67 bits per heavy atom. The summed E-state index contributed by atoms with van der Waals surface area (Å²) in [4.78, 5) is 25.7. The number of fused-ring (bicyclic) bond motifs is 1. The maximum atomic E-state index is 12.2. The zero-order chi connectivity index (χ0) is 19.2. The second kappa shape index (κ2) is 9.02. The van der Waals surface area contributed by atoms with E-state index in [0.29, 0.717) is 25.9 Å². The van der Waals surface area contributed by atoms with Crippen molar-refractivity contribution in [2.75, 3.05) is 13.1 Å². The fraction of sp³-hybridized carbons (Fsp3) is 0.400. The van der Waals surface area contributed by atoms with Crippen molar-refractivity contribution in [2.45, 2.75) is 38.0 Å². The molecule has 7 heteroatoms. The van der Waals surface area contributed by atoms with Crippen LogP contribution in [0.25, 0.3) is 10.8 Å². The van der Waals surface area contributed by atoms with Crippen molar-refractivity contribution >= 4 is 29.7 Å². The van der Waals surface area contributed by atoms with Crippen molar-refractivity contribution < 1.29 is 19.6 Å². The molecule has 27 heavy (non-hydrogen) atoms. The van der Waals surface area contributed by atoms with E-state index in [1.807, 2.05) is 42.5 Å². The van der Waals surface area contributed by atoms with Gasteiger partial charge in [-0.25, -0.2) is 0 Å². The van der Waals surface area contributed by atoms with Gasteiger partial charge in [0.2, 0.25) is 11.8 Å². The second-order valence-electron chi connectivity index (χ2n) is 7.06. The van der Waals surface area contributed by atoms with Crippen LogP contribution in [0.3, 0.4) is 0 Å². The number of nitrogens with one attached hydrogen (secondary N) is 1. The average molecular weight is 368 g/mol. The molecule has 1 heterocycles. The summed E-state index contributed by atoms with van der Waals surface area (Å²) < 4.78 is 0. The number of rotatable bonds is 7. The Morgan fingerprint density at radius 2 is 1.93 bits per heavy atom. The third-order valence-corrected chi connectivity index (χ3v) is 5.01. The molecule has 0 bridgehead atoms. The van der Waals surface area contributed by atoms with Crippen LogP contribution in [0.1, 0.15) is 31.2 Å². The Balaban J connectivity index is 1.57. The Hall–Kier alpha value is -2.38. The van der Waals surface area contributed by atoms with Crippen molar-refractivity contribution in [1.29, 1.82) is 0 Å². The first kappa shape index (κ1) is 19.4. The van der Waals surface area contributed by atoms with Crippen molar-refractivity contribution in [3.8, 4) is 0 Å². The van der Waals surface area contributed by atoms with Crippen LogP contribution in [0.4, 0.5) is 0 Å². The van der Waals surface area contributed by atoms with Crippen LogP contribution in [-0.2, 0) is 16.0 Å². The van der Waals surface area contributed by atoms with Gasteiger partial charge in [-0.2, -0.15) is 0 Å². The summed E-state index contributed by atoms with van der Waals surface area (Å²) in [6.45, 7) is 1.06.